The van der Waals surface area contributed by atoms with E-state index in [1.807, 2.05) is 0 Å². The highest BCUT2D eigenvalue weighted by Crippen LogP contribution is 2.24. The van der Waals surface area contributed by atoms with E-state index in [1.54, 1.807) is 6.92 Å². The Balaban J connectivity index is 1.78. The molecule has 0 radical (unpaired) electrons. The van der Waals surface area contributed by atoms with Crippen LogP contribution in [-0.4, -0.2) is 31.2 Å². The van der Waals surface area contributed by atoms with Gasteiger partial charge < -0.3 is 9.15 Å². The summed E-state index contributed by atoms with van der Waals surface area (Å²) in [5.74, 6) is -0.305. The van der Waals surface area contributed by atoms with Gasteiger partial charge in [0.05, 0.1) is 12.2 Å². The summed E-state index contributed by atoms with van der Waals surface area (Å²) in [7, 11) is -3.98. The van der Waals surface area contributed by atoms with Crippen LogP contribution in [0, 0.1) is 0 Å². The summed E-state index contributed by atoms with van der Waals surface area (Å²) >= 11 is 0. The van der Waals surface area contributed by atoms with Crippen LogP contribution in [0.4, 0.5) is 5.69 Å². The number of sulfonamides is 1. The van der Waals surface area contributed by atoms with Gasteiger partial charge in [-0.25, -0.2) is 9.89 Å². The van der Waals surface area contributed by atoms with E-state index in [9.17, 15) is 18.0 Å². The Bertz CT molecular complexity index is 1100. The average Bonchev–Trinajstić information content (AvgIpc) is 3.14. The minimum absolute atomic E-state index is 0.185. The van der Waals surface area contributed by atoms with Crippen LogP contribution < -0.4 is 10.3 Å². The van der Waals surface area contributed by atoms with Crippen molar-refractivity contribution in [2.24, 2.45) is 0 Å². The maximum absolute atomic E-state index is 12.4. The molecule has 2 heterocycles. The zero-order valence-corrected chi connectivity index (χ0v) is 14.9. The van der Waals surface area contributed by atoms with Crippen molar-refractivity contribution in [2.75, 3.05) is 11.3 Å². The molecule has 1 aromatic carbocycles. The van der Waals surface area contributed by atoms with Crippen LogP contribution in [-0.2, 0) is 14.8 Å². The lowest BCUT2D eigenvalue weighted by Gasteiger charge is -2.07. The molecule has 0 aliphatic rings. The Labute approximate surface area is 154 Å². The number of esters is 1. The van der Waals surface area contributed by atoms with E-state index in [-0.39, 0.29) is 34.4 Å². The van der Waals surface area contributed by atoms with Crippen molar-refractivity contribution in [1.29, 1.82) is 0 Å². The van der Waals surface area contributed by atoms with Gasteiger partial charge in [0, 0.05) is 11.8 Å². The highest BCUT2D eigenvalue weighted by atomic mass is 32.2. The molecule has 0 amide bonds. The summed E-state index contributed by atoms with van der Waals surface area (Å²) in [6.45, 7) is 1.94. The summed E-state index contributed by atoms with van der Waals surface area (Å²) in [6, 6.07) is 11.2. The van der Waals surface area contributed by atoms with E-state index in [0.717, 1.165) is 0 Å². The Hall–Kier alpha value is -3.40. The summed E-state index contributed by atoms with van der Waals surface area (Å²) in [5.41, 5.74) is 0.466. The van der Waals surface area contributed by atoms with Crippen molar-refractivity contribution < 1.29 is 22.4 Å². The third kappa shape index (κ3) is 4.23. The lowest BCUT2D eigenvalue weighted by Crippen LogP contribution is -2.12. The van der Waals surface area contributed by atoms with Crippen molar-refractivity contribution in [3.8, 4) is 11.5 Å². The number of nitrogens with zero attached hydrogens (tertiary/aromatic N) is 1. The molecule has 0 fully saturated rings. The van der Waals surface area contributed by atoms with Gasteiger partial charge in [-0.1, -0.05) is 0 Å². The molecule has 3 rings (SSSR count). The van der Waals surface area contributed by atoms with Crippen LogP contribution in [0.5, 0.6) is 0 Å². The SMILES string of the molecule is CCOC(=O)c1ccc(NS(=O)(=O)c2ccc(-c3ccc(=O)[nH]n3)o2)cc1. The third-order valence-corrected chi connectivity index (χ3v) is 4.68. The molecule has 0 atom stereocenters. The van der Waals surface area contributed by atoms with Gasteiger partial charge in [0.25, 0.3) is 15.6 Å². The largest absolute Gasteiger partial charge is 0.462 e. The van der Waals surface area contributed by atoms with Gasteiger partial charge in [-0.3, -0.25) is 9.52 Å². The fourth-order valence-electron chi connectivity index (χ4n) is 2.18. The lowest BCUT2D eigenvalue weighted by molar-refractivity contribution is 0.0526. The number of carbonyl (C=O) groups excluding carboxylic acids is 1. The van der Waals surface area contributed by atoms with E-state index in [4.69, 9.17) is 9.15 Å². The number of aromatic nitrogens is 2. The maximum Gasteiger partial charge on any atom is 0.338 e. The quantitative estimate of drug-likeness (QED) is 0.616. The first-order valence-corrected chi connectivity index (χ1v) is 9.33. The fourth-order valence-corrected chi connectivity index (χ4v) is 3.17. The topological polar surface area (TPSA) is 131 Å². The Morgan fingerprint density at radius 3 is 2.52 bits per heavy atom. The highest BCUT2D eigenvalue weighted by molar-refractivity contribution is 7.92. The molecule has 3 aromatic rings. The van der Waals surface area contributed by atoms with Crippen LogP contribution >= 0.6 is 0 Å². The van der Waals surface area contributed by atoms with Gasteiger partial charge in [-0.2, -0.15) is 13.5 Å². The van der Waals surface area contributed by atoms with Crippen LogP contribution in [0.3, 0.4) is 0 Å². The molecule has 0 bridgehead atoms. The molecule has 10 heteroatoms. The molecular formula is C17H15N3O6S. The van der Waals surface area contributed by atoms with E-state index >= 15 is 0 Å². The minimum Gasteiger partial charge on any atom is -0.462 e. The van der Waals surface area contributed by atoms with E-state index < -0.39 is 16.0 Å². The standard InChI is InChI=1S/C17H15N3O6S/c1-2-25-17(22)11-3-5-12(6-4-11)20-27(23,24)16-10-8-14(26-16)13-7-9-15(21)19-18-13/h3-10,20H,2H2,1H3,(H,19,21). The molecule has 0 unspecified atom stereocenters. The number of carbonyl (C=O) groups is 1. The summed E-state index contributed by atoms with van der Waals surface area (Å²) in [6.07, 6.45) is 0. The van der Waals surface area contributed by atoms with Gasteiger partial charge >= 0.3 is 5.97 Å². The number of nitrogens with one attached hydrogen (secondary N) is 2. The number of H-pyrrole nitrogens is 1. The second kappa shape index (κ2) is 7.46. The van der Waals surface area contributed by atoms with E-state index in [0.29, 0.717) is 5.56 Å². The summed E-state index contributed by atoms with van der Waals surface area (Å²) in [4.78, 5) is 22.7. The normalized spacial score (nSPS) is 11.1. The van der Waals surface area contributed by atoms with Gasteiger partial charge in [-0.05, 0) is 49.4 Å². The van der Waals surface area contributed by atoms with Gasteiger partial charge in [0.15, 0.2) is 5.76 Å². The van der Waals surface area contributed by atoms with Crippen molar-refractivity contribution in [3.05, 3.63) is 64.4 Å². The number of hydrogen-bond acceptors (Lipinski definition) is 7. The summed E-state index contributed by atoms with van der Waals surface area (Å²) in [5, 5.41) is 5.70. The smallest absolute Gasteiger partial charge is 0.338 e. The maximum atomic E-state index is 12.4. The van der Waals surface area contributed by atoms with Crippen molar-refractivity contribution in [2.45, 2.75) is 12.0 Å². The zero-order chi connectivity index (χ0) is 19.4. The Morgan fingerprint density at radius 1 is 1.15 bits per heavy atom. The Morgan fingerprint density at radius 2 is 1.89 bits per heavy atom. The van der Waals surface area contributed by atoms with Crippen LogP contribution in [0.2, 0.25) is 0 Å². The number of furan rings is 1. The molecular weight excluding hydrogens is 374 g/mol. The highest BCUT2D eigenvalue weighted by Gasteiger charge is 2.20. The Kier molecular flexibility index (Phi) is 5.08. The van der Waals surface area contributed by atoms with Crippen LogP contribution in [0.15, 0.2) is 62.8 Å². The molecule has 2 N–H and O–H groups in total. The average molecular weight is 389 g/mol. The molecule has 0 aliphatic heterocycles. The lowest BCUT2D eigenvalue weighted by atomic mass is 10.2. The minimum atomic E-state index is -3.98. The molecule has 0 spiro atoms. The van der Waals surface area contributed by atoms with Crippen molar-refractivity contribution in [3.63, 3.8) is 0 Å². The molecule has 27 heavy (non-hydrogen) atoms. The van der Waals surface area contributed by atoms with Gasteiger partial charge in [0.1, 0.15) is 5.69 Å². The van der Waals surface area contributed by atoms with E-state index in [1.165, 1.54) is 48.5 Å². The van der Waals surface area contributed by atoms with Crippen molar-refractivity contribution in [1.82, 2.24) is 10.2 Å². The van der Waals surface area contributed by atoms with Crippen molar-refractivity contribution >= 4 is 21.7 Å². The van der Waals surface area contributed by atoms with Gasteiger partial charge in [0.2, 0.25) is 5.09 Å². The van der Waals surface area contributed by atoms with Crippen LogP contribution in [0.25, 0.3) is 11.5 Å². The molecule has 0 aliphatic carbocycles. The third-order valence-electron chi connectivity index (χ3n) is 3.43. The second-order valence-electron chi connectivity index (χ2n) is 5.33. The first kappa shape index (κ1) is 18.4. The predicted molar refractivity (Wildman–Crippen MR) is 95.8 cm³/mol. The second-order valence-corrected chi connectivity index (χ2v) is 6.94. The van der Waals surface area contributed by atoms with Gasteiger partial charge in [-0.15, -0.1) is 0 Å². The summed E-state index contributed by atoms with van der Waals surface area (Å²) < 4.78 is 37.4. The molecule has 0 saturated heterocycles. The number of anilines is 1. The first-order chi connectivity index (χ1) is 12.9. The molecule has 0 saturated carbocycles. The predicted octanol–water partition coefficient (Wildman–Crippen LogP) is 2.01. The first-order valence-electron chi connectivity index (χ1n) is 7.85. The fraction of sp³-hybridized carbons (Fsp3) is 0.118. The number of aromatic amines is 1. The monoisotopic (exact) mass is 389 g/mol. The molecule has 9 nitrogen and oxygen atoms in total. The number of benzene rings is 1. The molecule has 140 valence electrons. The molecule has 2 aromatic heterocycles. The number of rotatable bonds is 6. The number of ether oxygens (including phenoxy) is 1. The van der Waals surface area contributed by atoms with Crippen LogP contribution in [0.1, 0.15) is 17.3 Å². The van der Waals surface area contributed by atoms with E-state index in [2.05, 4.69) is 14.9 Å². The zero-order valence-electron chi connectivity index (χ0n) is 14.1. The number of hydrogen-bond donors (Lipinski definition) is 2.